The minimum Gasteiger partial charge on any atom is -0.386 e. The fourth-order valence-corrected chi connectivity index (χ4v) is 4.00. The van der Waals surface area contributed by atoms with Gasteiger partial charge >= 0.3 is 0 Å². The summed E-state index contributed by atoms with van der Waals surface area (Å²) in [5.41, 5.74) is 0.134. The molecular weight excluding hydrogens is 324 g/mol. The fraction of sp³-hybridized carbons (Fsp3) is 0.471. The van der Waals surface area contributed by atoms with Crippen LogP contribution in [0.3, 0.4) is 0 Å². The smallest absolute Gasteiger partial charge is 0.263 e. The highest BCUT2D eigenvalue weighted by Gasteiger charge is 2.36. The number of aryl methyl sites for hydroxylation is 1. The number of carbonyl (C=O) groups is 1. The maximum Gasteiger partial charge on any atom is 0.263 e. The van der Waals surface area contributed by atoms with E-state index in [9.17, 15) is 9.90 Å². The van der Waals surface area contributed by atoms with Gasteiger partial charge in [-0.25, -0.2) is 9.97 Å². The quantitative estimate of drug-likeness (QED) is 0.916. The van der Waals surface area contributed by atoms with Gasteiger partial charge in [0.15, 0.2) is 0 Å². The summed E-state index contributed by atoms with van der Waals surface area (Å²) in [6.07, 6.45) is 4.90. The van der Waals surface area contributed by atoms with Crippen molar-refractivity contribution in [2.75, 3.05) is 31.6 Å². The van der Waals surface area contributed by atoms with E-state index in [2.05, 4.69) is 9.97 Å². The number of piperidine rings is 1. The summed E-state index contributed by atoms with van der Waals surface area (Å²) in [6.45, 7) is 3.51. The molecule has 2 aromatic rings. The van der Waals surface area contributed by atoms with Gasteiger partial charge in [0.05, 0.1) is 23.6 Å². The number of aliphatic hydroxyl groups is 1. The first-order valence-electron chi connectivity index (χ1n) is 8.02. The zero-order valence-corrected chi connectivity index (χ0v) is 14.8. The van der Waals surface area contributed by atoms with E-state index in [1.165, 1.54) is 11.3 Å². The van der Waals surface area contributed by atoms with E-state index in [1.54, 1.807) is 30.4 Å². The molecule has 24 heavy (non-hydrogen) atoms. The highest BCUT2D eigenvalue weighted by molar-refractivity contribution is 7.12. The topological polar surface area (TPSA) is 69.6 Å². The van der Waals surface area contributed by atoms with Crippen LogP contribution >= 0.6 is 11.3 Å². The molecule has 7 heteroatoms. The van der Waals surface area contributed by atoms with Crippen LogP contribution < -0.4 is 4.90 Å². The SMILES string of the molecule is Cc1csc(C(=O)N(C)C[C@]2(O)CCCN(c3ncccn3)C2)c1. The predicted octanol–water partition coefficient (Wildman–Crippen LogP) is 1.95. The number of β-amino-alcohol motifs (C(OH)–C–C–N with tert-alkyl or cyclic N) is 1. The number of likely N-dealkylation sites (N-methyl/N-ethyl adjacent to an activating group) is 1. The lowest BCUT2D eigenvalue weighted by molar-refractivity contribution is -0.000173. The largest absolute Gasteiger partial charge is 0.386 e. The average molecular weight is 346 g/mol. The Labute approximate surface area is 145 Å². The molecule has 6 nitrogen and oxygen atoms in total. The Hall–Kier alpha value is -1.99. The number of hydrogen-bond donors (Lipinski definition) is 1. The third kappa shape index (κ3) is 3.73. The Balaban J connectivity index is 1.67. The second-order valence-electron chi connectivity index (χ2n) is 6.45. The molecule has 0 bridgehead atoms. The summed E-state index contributed by atoms with van der Waals surface area (Å²) in [5.74, 6) is 0.577. The van der Waals surface area contributed by atoms with Gasteiger partial charge in [-0.2, -0.15) is 0 Å². The van der Waals surface area contributed by atoms with Crippen molar-refractivity contribution in [1.29, 1.82) is 0 Å². The van der Waals surface area contributed by atoms with Gasteiger partial charge in [0, 0.05) is 26.0 Å². The van der Waals surface area contributed by atoms with Gasteiger partial charge in [-0.3, -0.25) is 4.79 Å². The van der Waals surface area contributed by atoms with Gasteiger partial charge in [-0.15, -0.1) is 11.3 Å². The summed E-state index contributed by atoms with van der Waals surface area (Å²) in [6, 6.07) is 3.66. The van der Waals surface area contributed by atoms with E-state index in [0.717, 1.165) is 18.5 Å². The Bertz CT molecular complexity index is 706. The van der Waals surface area contributed by atoms with E-state index < -0.39 is 5.60 Å². The van der Waals surface area contributed by atoms with E-state index in [0.29, 0.717) is 30.3 Å². The van der Waals surface area contributed by atoms with Crippen molar-refractivity contribution in [3.05, 3.63) is 40.3 Å². The van der Waals surface area contributed by atoms with Gasteiger partial charge in [0.1, 0.15) is 0 Å². The minimum absolute atomic E-state index is 0.0467. The molecule has 1 saturated heterocycles. The van der Waals surface area contributed by atoms with Crippen LogP contribution in [0.25, 0.3) is 0 Å². The lowest BCUT2D eigenvalue weighted by Crippen LogP contribution is -2.55. The summed E-state index contributed by atoms with van der Waals surface area (Å²) >= 11 is 1.44. The molecule has 128 valence electrons. The zero-order valence-electron chi connectivity index (χ0n) is 14.0. The van der Waals surface area contributed by atoms with Gasteiger partial charge < -0.3 is 14.9 Å². The molecular formula is C17H22N4O2S. The maximum absolute atomic E-state index is 12.5. The number of rotatable bonds is 4. The van der Waals surface area contributed by atoms with E-state index in [1.807, 2.05) is 23.3 Å². The molecule has 1 fully saturated rings. The van der Waals surface area contributed by atoms with Crippen LogP contribution in [-0.2, 0) is 0 Å². The first kappa shape index (κ1) is 16.9. The standard InChI is InChI=1S/C17H22N4O2S/c1-13-9-14(24-10-13)15(22)20(2)11-17(23)5-3-8-21(12-17)16-18-6-4-7-19-16/h4,6-7,9-10,23H,3,5,8,11-12H2,1-2H3/t17-/m1/s1. The molecule has 1 amide bonds. The van der Waals surface area contributed by atoms with E-state index in [4.69, 9.17) is 0 Å². The van der Waals surface area contributed by atoms with Crippen molar-refractivity contribution in [3.8, 4) is 0 Å². The molecule has 1 aliphatic heterocycles. The van der Waals surface area contributed by atoms with Crippen molar-refractivity contribution < 1.29 is 9.90 Å². The van der Waals surface area contributed by atoms with Crippen molar-refractivity contribution >= 4 is 23.2 Å². The third-order valence-electron chi connectivity index (χ3n) is 4.21. The molecule has 1 atom stereocenters. The van der Waals surface area contributed by atoms with Crippen molar-refractivity contribution in [3.63, 3.8) is 0 Å². The number of thiophene rings is 1. The Kier molecular flexibility index (Phi) is 4.82. The van der Waals surface area contributed by atoms with Crippen LogP contribution in [0.1, 0.15) is 28.1 Å². The van der Waals surface area contributed by atoms with Crippen molar-refractivity contribution in [2.24, 2.45) is 0 Å². The fourth-order valence-electron chi connectivity index (χ4n) is 3.11. The van der Waals surface area contributed by atoms with Crippen LogP contribution in [0.2, 0.25) is 0 Å². The molecule has 2 aromatic heterocycles. The average Bonchev–Trinajstić information content (AvgIpc) is 3.01. The zero-order chi connectivity index (χ0) is 17.2. The van der Waals surface area contributed by atoms with E-state index >= 15 is 0 Å². The molecule has 0 aliphatic carbocycles. The molecule has 0 spiro atoms. The second kappa shape index (κ2) is 6.86. The molecule has 3 heterocycles. The van der Waals surface area contributed by atoms with Crippen molar-refractivity contribution in [2.45, 2.75) is 25.4 Å². The second-order valence-corrected chi connectivity index (χ2v) is 7.36. The predicted molar refractivity (Wildman–Crippen MR) is 94.4 cm³/mol. The third-order valence-corrected chi connectivity index (χ3v) is 5.25. The van der Waals surface area contributed by atoms with Gasteiger partial charge in [0.2, 0.25) is 5.95 Å². The Morgan fingerprint density at radius 1 is 1.46 bits per heavy atom. The maximum atomic E-state index is 12.5. The van der Waals surface area contributed by atoms with Crippen LogP contribution in [0.4, 0.5) is 5.95 Å². The molecule has 3 rings (SSSR count). The summed E-state index contributed by atoms with van der Waals surface area (Å²) in [5, 5.41) is 12.9. The number of amides is 1. The molecule has 1 N–H and O–H groups in total. The van der Waals surface area contributed by atoms with Crippen LogP contribution in [0.15, 0.2) is 29.9 Å². The van der Waals surface area contributed by atoms with Crippen LogP contribution in [0.5, 0.6) is 0 Å². The number of carbonyl (C=O) groups excluding carboxylic acids is 1. The first-order chi connectivity index (χ1) is 11.5. The summed E-state index contributed by atoms with van der Waals surface area (Å²) in [7, 11) is 1.74. The molecule has 0 unspecified atom stereocenters. The van der Waals surface area contributed by atoms with Gasteiger partial charge in [-0.05, 0) is 42.8 Å². The Morgan fingerprint density at radius 3 is 2.88 bits per heavy atom. The summed E-state index contributed by atoms with van der Waals surface area (Å²) < 4.78 is 0. The van der Waals surface area contributed by atoms with Crippen LogP contribution in [-0.4, -0.2) is 58.2 Å². The molecule has 0 aromatic carbocycles. The molecule has 0 saturated carbocycles. The van der Waals surface area contributed by atoms with Gasteiger partial charge in [0.25, 0.3) is 5.91 Å². The number of anilines is 1. The lowest BCUT2D eigenvalue weighted by Gasteiger charge is -2.41. The van der Waals surface area contributed by atoms with Crippen LogP contribution in [0, 0.1) is 6.92 Å². The molecule has 0 radical (unpaired) electrons. The van der Waals surface area contributed by atoms with E-state index in [-0.39, 0.29) is 5.91 Å². The lowest BCUT2D eigenvalue weighted by atomic mass is 9.92. The highest BCUT2D eigenvalue weighted by Crippen LogP contribution is 2.25. The van der Waals surface area contributed by atoms with Gasteiger partial charge in [-0.1, -0.05) is 0 Å². The number of aromatic nitrogens is 2. The Morgan fingerprint density at radius 2 is 2.21 bits per heavy atom. The normalized spacial score (nSPS) is 20.9. The number of hydrogen-bond acceptors (Lipinski definition) is 6. The highest BCUT2D eigenvalue weighted by atomic mass is 32.1. The monoisotopic (exact) mass is 346 g/mol. The number of nitrogens with zero attached hydrogens (tertiary/aromatic N) is 4. The summed E-state index contributed by atoms with van der Waals surface area (Å²) in [4.78, 5) is 25.3. The first-order valence-corrected chi connectivity index (χ1v) is 8.90. The van der Waals surface area contributed by atoms with Crippen molar-refractivity contribution in [1.82, 2.24) is 14.9 Å². The minimum atomic E-state index is -0.950. The molecule has 1 aliphatic rings.